The number of benzene rings is 1. The van der Waals surface area contributed by atoms with Crippen LogP contribution in [0.25, 0.3) is 0 Å². The Balaban J connectivity index is 1.50. The highest BCUT2D eigenvalue weighted by molar-refractivity contribution is 7.09. The van der Waals surface area contributed by atoms with Crippen LogP contribution in [0.1, 0.15) is 35.8 Å². The van der Waals surface area contributed by atoms with E-state index in [4.69, 9.17) is 4.74 Å². The van der Waals surface area contributed by atoms with Crippen molar-refractivity contribution in [2.45, 2.75) is 37.3 Å². The van der Waals surface area contributed by atoms with E-state index in [1.54, 1.807) is 18.4 Å². The third kappa shape index (κ3) is 3.79. The zero-order chi connectivity index (χ0) is 18.7. The van der Waals surface area contributed by atoms with Gasteiger partial charge in [0.2, 0.25) is 5.91 Å². The number of rotatable bonds is 6. The number of nitrogens with zero attached hydrogens (tertiary/aromatic N) is 3. The Bertz CT molecular complexity index is 742. The van der Waals surface area contributed by atoms with Crippen LogP contribution < -0.4 is 0 Å². The summed E-state index contributed by atoms with van der Waals surface area (Å²) in [6.45, 7) is 4.22. The summed E-state index contributed by atoms with van der Waals surface area (Å²) in [6, 6.07) is 10.3. The van der Waals surface area contributed by atoms with Gasteiger partial charge in [0.15, 0.2) is 0 Å². The highest BCUT2D eigenvalue weighted by Crippen LogP contribution is 2.45. The zero-order valence-corrected chi connectivity index (χ0v) is 16.7. The van der Waals surface area contributed by atoms with E-state index < -0.39 is 0 Å². The minimum absolute atomic E-state index is 0.0198. The average Bonchev–Trinajstić information content (AvgIpc) is 3.30. The minimum atomic E-state index is -0.0322. The van der Waals surface area contributed by atoms with Gasteiger partial charge in [-0.2, -0.15) is 0 Å². The van der Waals surface area contributed by atoms with Crippen LogP contribution in [0.4, 0.5) is 0 Å². The Morgan fingerprint density at radius 2 is 2.04 bits per heavy atom. The van der Waals surface area contributed by atoms with Gasteiger partial charge in [0, 0.05) is 43.9 Å². The maximum absolute atomic E-state index is 13.3. The molecule has 2 aromatic rings. The molecule has 144 valence electrons. The first-order valence-electron chi connectivity index (χ1n) is 9.68. The van der Waals surface area contributed by atoms with Gasteiger partial charge in [0.05, 0.1) is 19.1 Å². The predicted octanol–water partition coefficient (Wildman–Crippen LogP) is 3.14. The summed E-state index contributed by atoms with van der Waals surface area (Å²) in [6.07, 6.45) is 4.84. The fourth-order valence-corrected chi connectivity index (χ4v) is 5.26. The molecule has 1 aromatic carbocycles. The molecule has 0 N–H and O–H groups in total. The largest absolute Gasteiger partial charge is 0.383 e. The molecule has 3 heterocycles. The topological polar surface area (TPSA) is 45.7 Å². The van der Waals surface area contributed by atoms with E-state index >= 15 is 0 Å². The molecule has 1 atom stereocenters. The first-order valence-corrected chi connectivity index (χ1v) is 10.6. The normalized spacial score (nSPS) is 22.6. The number of hydrogen-bond acceptors (Lipinski definition) is 5. The molecular weight excluding hydrogens is 358 g/mol. The molecule has 0 saturated carbocycles. The number of piperidine rings is 1. The van der Waals surface area contributed by atoms with E-state index in [-0.39, 0.29) is 17.4 Å². The smallest absolute Gasteiger partial charge is 0.230 e. The number of carbonyl (C=O) groups is 1. The van der Waals surface area contributed by atoms with Crippen molar-refractivity contribution in [3.8, 4) is 0 Å². The summed E-state index contributed by atoms with van der Waals surface area (Å²) in [7, 11) is 1.71. The standard InChI is InChI=1S/C21H27N3O2S/c1-26-13-12-24-20(25)18(17-5-3-2-4-6-17)15-21(24)7-10-23(11-8-21)16-19-22-9-14-27-19/h2-6,9,14,18H,7-8,10-13,15-16H2,1H3/t18-/m1/s1. The number of aromatic nitrogens is 1. The van der Waals surface area contributed by atoms with Gasteiger partial charge >= 0.3 is 0 Å². The van der Waals surface area contributed by atoms with E-state index in [0.29, 0.717) is 13.2 Å². The van der Waals surface area contributed by atoms with Crippen LogP contribution >= 0.6 is 11.3 Å². The van der Waals surface area contributed by atoms with Crippen LogP contribution in [0.3, 0.4) is 0 Å². The Labute approximate surface area is 165 Å². The average molecular weight is 386 g/mol. The quantitative estimate of drug-likeness (QED) is 0.766. The van der Waals surface area contributed by atoms with Crippen molar-refractivity contribution in [3.63, 3.8) is 0 Å². The lowest BCUT2D eigenvalue weighted by molar-refractivity contribution is -0.134. The molecule has 0 radical (unpaired) electrons. The van der Waals surface area contributed by atoms with E-state index in [1.807, 2.05) is 29.8 Å². The lowest BCUT2D eigenvalue weighted by Crippen LogP contribution is -2.53. The van der Waals surface area contributed by atoms with Gasteiger partial charge in [-0.1, -0.05) is 30.3 Å². The lowest BCUT2D eigenvalue weighted by atomic mass is 9.81. The number of carbonyl (C=O) groups excluding carboxylic acids is 1. The van der Waals surface area contributed by atoms with Crippen molar-refractivity contribution in [2.75, 3.05) is 33.4 Å². The zero-order valence-electron chi connectivity index (χ0n) is 15.8. The molecule has 1 spiro atoms. The van der Waals surface area contributed by atoms with Crippen molar-refractivity contribution >= 4 is 17.2 Å². The van der Waals surface area contributed by atoms with Crippen LogP contribution in [0.5, 0.6) is 0 Å². The first-order chi connectivity index (χ1) is 13.2. The number of methoxy groups -OCH3 is 1. The summed E-state index contributed by atoms with van der Waals surface area (Å²) in [5, 5.41) is 3.21. The molecule has 6 heteroatoms. The maximum atomic E-state index is 13.3. The minimum Gasteiger partial charge on any atom is -0.383 e. The summed E-state index contributed by atoms with van der Waals surface area (Å²) in [4.78, 5) is 22.3. The Kier molecular flexibility index (Phi) is 5.57. The molecule has 0 unspecified atom stereocenters. The number of ether oxygens (including phenoxy) is 1. The summed E-state index contributed by atoms with van der Waals surface area (Å²) >= 11 is 1.72. The molecule has 0 aliphatic carbocycles. The number of likely N-dealkylation sites (tertiary alicyclic amines) is 2. The molecule has 1 aromatic heterocycles. The number of amides is 1. The lowest BCUT2D eigenvalue weighted by Gasteiger charge is -2.44. The van der Waals surface area contributed by atoms with E-state index in [1.165, 1.54) is 5.01 Å². The molecule has 27 heavy (non-hydrogen) atoms. The summed E-state index contributed by atoms with van der Waals surface area (Å²) in [5.41, 5.74) is 1.11. The Morgan fingerprint density at radius 1 is 1.26 bits per heavy atom. The number of hydrogen-bond donors (Lipinski definition) is 0. The van der Waals surface area contributed by atoms with Crippen molar-refractivity contribution in [2.24, 2.45) is 0 Å². The van der Waals surface area contributed by atoms with Gasteiger partial charge in [-0.25, -0.2) is 4.98 Å². The van der Waals surface area contributed by atoms with Crippen molar-refractivity contribution in [1.82, 2.24) is 14.8 Å². The summed E-state index contributed by atoms with van der Waals surface area (Å²) in [5.74, 6) is 0.250. The van der Waals surface area contributed by atoms with Crippen LogP contribution in [0, 0.1) is 0 Å². The maximum Gasteiger partial charge on any atom is 0.230 e. The Morgan fingerprint density at radius 3 is 2.70 bits per heavy atom. The van der Waals surface area contributed by atoms with Gasteiger partial charge in [-0.3, -0.25) is 9.69 Å². The third-order valence-corrected chi connectivity index (χ3v) is 6.84. The molecule has 2 aliphatic heterocycles. The van der Waals surface area contributed by atoms with Gasteiger partial charge in [0.1, 0.15) is 5.01 Å². The third-order valence-electron chi connectivity index (χ3n) is 6.07. The first kappa shape index (κ1) is 18.6. The van der Waals surface area contributed by atoms with Crippen LogP contribution in [0.15, 0.2) is 41.9 Å². The van der Waals surface area contributed by atoms with E-state index in [2.05, 4.69) is 26.9 Å². The fraction of sp³-hybridized carbons (Fsp3) is 0.524. The van der Waals surface area contributed by atoms with Crippen LogP contribution in [-0.2, 0) is 16.1 Å². The van der Waals surface area contributed by atoms with Crippen molar-refractivity contribution in [1.29, 1.82) is 0 Å². The van der Waals surface area contributed by atoms with Crippen molar-refractivity contribution < 1.29 is 9.53 Å². The molecule has 2 aliphatic rings. The SMILES string of the molecule is COCCN1C(=O)[C@@H](c2ccccc2)CC12CCN(Cc1nccs1)CC2. The molecule has 4 rings (SSSR count). The second-order valence-corrected chi connectivity index (χ2v) is 8.56. The van der Waals surface area contributed by atoms with Gasteiger partial charge < -0.3 is 9.64 Å². The molecule has 2 fully saturated rings. The predicted molar refractivity (Wildman–Crippen MR) is 107 cm³/mol. The molecule has 1 amide bonds. The van der Waals surface area contributed by atoms with E-state index in [0.717, 1.165) is 44.5 Å². The molecule has 0 bridgehead atoms. The highest BCUT2D eigenvalue weighted by Gasteiger charge is 2.51. The monoisotopic (exact) mass is 385 g/mol. The molecule has 2 saturated heterocycles. The van der Waals surface area contributed by atoms with Crippen molar-refractivity contribution in [3.05, 3.63) is 52.5 Å². The second kappa shape index (κ2) is 8.09. The van der Waals surface area contributed by atoms with Gasteiger partial charge in [-0.05, 0) is 24.8 Å². The number of thiazole rings is 1. The molecular formula is C21H27N3O2S. The van der Waals surface area contributed by atoms with E-state index in [9.17, 15) is 4.79 Å². The summed E-state index contributed by atoms with van der Waals surface area (Å²) < 4.78 is 5.31. The van der Waals surface area contributed by atoms with Crippen LogP contribution in [-0.4, -0.2) is 59.6 Å². The fourth-order valence-electron chi connectivity index (χ4n) is 4.60. The highest BCUT2D eigenvalue weighted by atomic mass is 32.1. The van der Waals surface area contributed by atoms with Crippen LogP contribution in [0.2, 0.25) is 0 Å². The second-order valence-electron chi connectivity index (χ2n) is 7.58. The van der Waals surface area contributed by atoms with Gasteiger partial charge in [-0.15, -0.1) is 11.3 Å². The Hall–Kier alpha value is -1.76. The molecule has 5 nitrogen and oxygen atoms in total. The van der Waals surface area contributed by atoms with Gasteiger partial charge in [0.25, 0.3) is 0 Å².